The summed E-state index contributed by atoms with van der Waals surface area (Å²) in [5.74, 6) is -0.0781. The van der Waals surface area contributed by atoms with E-state index in [1.807, 2.05) is 13.0 Å². The van der Waals surface area contributed by atoms with Gasteiger partial charge in [-0.05, 0) is 55.7 Å². The molecule has 0 aliphatic heterocycles. The highest BCUT2D eigenvalue weighted by Gasteiger charge is 2.26. The first-order valence-electron chi connectivity index (χ1n) is 12.1. The third kappa shape index (κ3) is 9.39. The van der Waals surface area contributed by atoms with Gasteiger partial charge in [0.15, 0.2) is 0 Å². The smallest absolute Gasteiger partial charge is 0.242 e. The molecule has 0 unspecified atom stereocenters. The van der Waals surface area contributed by atoms with E-state index >= 15 is 0 Å². The van der Waals surface area contributed by atoms with Gasteiger partial charge in [0.25, 0.3) is 0 Å². The highest BCUT2D eigenvalue weighted by atomic mass is 35.5. The SMILES string of the molecule is CCCCNC(=O)[C@H](C)N(Cc1cccc(Cl)c1)C(=O)CCCN(c1ccc(OC)c(Cl)c1)S(C)(=O)=O. The van der Waals surface area contributed by atoms with Gasteiger partial charge in [0.2, 0.25) is 21.8 Å². The Labute approximate surface area is 229 Å². The van der Waals surface area contributed by atoms with Crippen molar-refractivity contribution in [2.45, 2.75) is 52.1 Å². The van der Waals surface area contributed by atoms with Crippen LogP contribution < -0.4 is 14.4 Å². The highest BCUT2D eigenvalue weighted by Crippen LogP contribution is 2.30. The van der Waals surface area contributed by atoms with Gasteiger partial charge in [0.05, 0.1) is 24.1 Å². The Kier molecular flexibility index (Phi) is 12.0. The van der Waals surface area contributed by atoms with E-state index in [1.165, 1.54) is 22.4 Å². The van der Waals surface area contributed by atoms with Crippen molar-refractivity contribution in [3.05, 3.63) is 58.1 Å². The molecule has 1 atom stereocenters. The Morgan fingerprint density at radius 2 is 1.84 bits per heavy atom. The van der Waals surface area contributed by atoms with Crippen molar-refractivity contribution in [3.8, 4) is 5.75 Å². The first-order valence-corrected chi connectivity index (χ1v) is 14.7. The lowest BCUT2D eigenvalue weighted by molar-refractivity contribution is -0.140. The normalized spacial score (nSPS) is 12.1. The maximum Gasteiger partial charge on any atom is 0.242 e. The van der Waals surface area contributed by atoms with Gasteiger partial charge in [-0.25, -0.2) is 8.42 Å². The molecule has 1 N–H and O–H groups in total. The number of carbonyl (C=O) groups excluding carboxylic acids is 2. The first-order chi connectivity index (χ1) is 17.5. The van der Waals surface area contributed by atoms with Crippen LogP contribution >= 0.6 is 23.2 Å². The molecule has 0 aliphatic carbocycles. The number of nitrogens with zero attached hydrogens (tertiary/aromatic N) is 2. The van der Waals surface area contributed by atoms with Crippen LogP contribution in [0.5, 0.6) is 5.75 Å². The summed E-state index contributed by atoms with van der Waals surface area (Å²) in [6.45, 7) is 4.52. The zero-order chi connectivity index (χ0) is 27.6. The molecule has 2 aromatic rings. The van der Waals surface area contributed by atoms with E-state index in [0.29, 0.717) is 23.0 Å². The molecule has 2 rings (SSSR count). The number of methoxy groups -OCH3 is 1. The molecule has 0 aromatic heterocycles. The minimum Gasteiger partial charge on any atom is -0.495 e. The van der Waals surface area contributed by atoms with Crippen molar-refractivity contribution in [1.82, 2.24) is 10.2 Å². The van der Waals surface area contributed by atoms with Crippen LogP contribution in [0, 0.1) is 0 Å². The molecule has 8 nitrogen and oxygen atoms in total. The lowest BCUT2D eigenvalue weighted by atomic mass is 10.1. The van der Waals surface area contributed by atoms with Gasteiger partial charge in [-0.3, -0.25) is 13.9 Å². The number of anilines is 1. The van der Waals surface area contributed by atoms with E-state index in [1.54, 1.807) is 37.3 Å². The van der Waals surface area contributed by atoms with Gasteiger partial charge in [0, 0.05) is 31.1 Å². The highest BCUT2D eigenvalue weighted by molar-refractivity contribution is 7.92. The summed E-state index contributed by atoms with van der Waals surface area (Å²) in [6, 6.07) is 11.1. The molecule has 2 aromatic carbocycles. The predicted molar refractivity (Wildman–Crippen MR) is 149 cm³/mol. The summed E-state index contributed by atoms with van der Waals surface area (Å²) in [4.78, 5) is 27.6. The van der Waals surface area contributed by atoms with Crippen molar-refractivity contribution >= 4 is 50.7 Å². The molecule has 0 bridgehead atoms. The molecule has 0 radical (unpaired) electrons. The summed E-state index contributed by atoms with van der Waals surface area (Å²) in [5, 5.41) is 3.69. The van der Waals surface area contributed by atoms with Gasteiger partial charge in [-0.1, -0.05) is 48.7 Å². The van der Waals surface area contributed by atoms with Crippen LogP contribution in [-0.2, 0) is 26.2 Å². The van der Waals surface area contributed by atoms with Crippen LogP contribution in [0.4, 0.5) is 5.69 Å². The fraction of sp³-hybridized carbons (Fsp3) is 0.462. The van der Waals surface area contributed by atoms with Crippen LogP contribution in [0.15, 0.2) is 42.5 Å². The molecule has 37 heavy (non-hydrogen) atoms. The second-order valence-corrected chi connectivity index (χ2v) is 11.5. The van der Waals surface area contributed by atoms with Crippen molar-refractivity contribution in [2.24, 2.45) is 0 Å². The predicted octanol–water partition coefficient (Wildman–Crippen LogP) is 4.88. The van der Waals surface area contributed by atoms with Crippen LogP contribution in [-0.4, -0.2) is 57.6 Å². The number of hydrogen-bond acceptors (Lipinski definition) is 5. The van der Waals surface area contributed by atoms with Gasteiger partial charge >= 0.3 is 0 Å². The van der Waals surface area contributed by atoms with Gasteiger partial charge in [-0.2, -0.15) is 0 Å². The summed E-state index contributed by atoms with van der Waals surface area (Å²) < 4.78 is 31.3. The quantitative estimate of drug-likeness (QED) is 0.326. The number of carbonyl (C=O) groups is 2. The maximum absolute atomic E-state index is 13.3. The number of amides is 2. The number of unbranched alkanes of at least 4 members (excludes halogenated alkanes) is 1. The van der Waals surface area contributed by atoms with Crippen LogP contribution in [0.3, 0.4) is 0 Å². The van der Waals surface area contributed by atoms with E-state index in [9.17, 15) is 18.0 Å². The molecule has 0 heterocycles. The van der Waals surface area contributed by atoms with Gasteiger partial charge in [-0.15, -0.1) is 0 Å². The number of benzene rings is 2. The Morgan fingerprint density at radius 3 is 2.43 bits per heavy atom. The molecule has 0 fully saturated rings. The Balaban J connectivity index is 2.17. The lowest BCUT2D eigenvalue weighted by Crippen LogP contribution is -2.48. The standard InChI is InChI=1S/C26H35Cl2N3O5S/c1-5-6-14-29-26(33)19(2)30(18-20-9-7-10-21(27)16-20)25(32)11-8-15-31(37(4,34)35)22-12-13-24(36-3)23(28)17-22/h7,9-10,12-13,16-17,19H,5-6,8,11,14-15,18H2,1-4H3,(H,29,33)/t19-/m0/s1. The Bertz CT molecular complexity index is 1180. The number of halogens is 2. The second kappa shape index (κ2) is 14.4. The number of nitrogens with one attached hydrogen (secondary N) is 1. The van der Waals surface area contributed by atoms with Crippen molar-refractivity contribution in [3.63, 3.8) is 0 Å². The molecule has 2 amide bonds. The van der Waals surface area contributed by atoms with Gasteiger partial charge in [0.1, 0.15) is 11.8 Å². The molecule has 204 valence electrons. The first kappa shape index (κ1) is 30.7. The van der Waals surface area contributed by atoms with E-state index in [0.717, 1.165) is 24.7 Å². The van der Waals surface area contributed by atoms with E-state index in [4.69, 9.17) is 27.9 Å². The van der Waals surface area contributed by atoms with Crippen molar-refractivity contribution < 1.29 is 22.7 Å². The molecule has 0 saturated carbocycles. The molecular weight excluding hydrogens is 537 g/mol. The zero-order valence-corrected chi connectivity index (χ0v) is 24.0. The summed E-state index contributed by atoms with van der Waals surface area (Å²) in [7, 11) is -2.16. The number of sulfonamides is 1. The fourth-order valence-electron chi connectivity index (χ4n) is 3.77. The lowest BCUT2D eigenvalue weighted by Gasteiger charge is -2.29. The van der Waals surface area contributed by atoms with Crippen molar-refractivity contribution in [2.75, 3.05) is 30.8 Å². The topological polar surface area (TPSA) is 96.0 Å². The van der Waals surface area contributed by atoms with E-state index < -0.39 is 16.1 Å². The minimum absolute atomic E-state index is 0.0447. The van der Waals surface area contributed by atoms with E-state index in [-0.39, 0.29) is 42.8 Å². The minimum atomic E-state index is -3.64. The largest absolute Gasteiger partial charge is 0.495 e. The Morgan fingerprint density at radius 1 is 1.11 bits per heavy atom. The van der Waals surface area contributed by atoms with Crippen LogP contribution in [0.2, 0.25) is 10.0 Å². The second-order valence-electron chi connectivity index (χ2n) is 8.73. The molecule has 0 spiro atoms. The number of ether oxygens (including phenoxy) is 1. The van der Waals surface area contributed by atoms with Crippen LogP contribution in [0.1, 0.15) is 45.1 Å². The molecular formula is C26H35Cl2N3O5S. The van der Waals surface area contributed by atoms with Crippen LogP contribution in [0.25, 0.3) is 0 Å². The average Bonchev–Trinajstić information content (AvgIpc) is 2.84. The molecule has 0 saturated heterocycles. The van der Waals surface area contributed by atoms with E-state index in [2.05, 4.69) is 5.32 Å². The molecule has 0 aliphatic rings. The summed E-state index contributed by atoms with van der Waals surface area (Å²) in [5.41, 5.74) is 1.17. The third-order valence-corrected chi connectivity index (χ3v) is 7.54. The summed E-state index contributed by atoms with van der Waals surface area (Å²) in [6.07, 6.45) is 3.17. The summed E-state index contributed by atoms with van der Waals surface area (Å²) >= 11 is 12.3. The fourth-order valence-corrected chi connectivity index (χ4v) is 5.19. The Hall–Kier alpha value is -2.49. The number of hydrogen-bond donors (Lipinski definition) is 1. The third-order valence-electron chi connectivity index (χ3n) is 5.81. The van der Waals surface area contributed by atoms with Gasteiger partial charge < -0.3 is 15.0 Å². The monoisotopic (exact) mass is 571 g/mol. The average molecular weight is 573 g/mol. The molecule has 11 heteroatoms. The number of rotatable bonds is 14. The maximum atomic E-state index is 13.3. The van der Waals surface area contributed by atoms with Crippen molar-refractivity contribution in [1.29, 1.82) is 0 Å². The zero-order valence-electron chi connectivity index (χ0n) is 21.7.